The van der Waals surface area contributed by atoms with Gasteiger partial charge in [-0.05, 0) is 24.4 Å². The third-order valence-corrected chi connectivity index (χ3v) is 4.44. The Kier molecular flexibility index (Phi) is 6.87. The quantitative estimate of drug-likeness (QED) is 0.750. The molecule has 2 N–H and O–H groups in total. The molecule has 1 aliphatic heterocycles. The third-order valence-electron chi connectivity index (χ3n) is 4.44. The van der Waals surface area contributed by atoms with E-state index in [1.54, 1.807) is 0 Å². The second kappa shape index (κ2) is 8.91. The molecule has 0 aromatic heterocycles. The summed E-state index contributed by atoms with van der Waals surface area (Å²) in [5.74, 6) is 0.773. The number of hydrogen-bond acceptors (Lipinski definition) is 3. The first-order valence-electron chi connectivity index (χ1n) is 8.36. The van der Waals surface area contributed by atoms with Gasteiger partial charge in [-0.2, -0.15) is 0 Å². The molecule has 0 saturated carbocycles. The zero-order valence-corrected chi connectivity index (χ0v) is 13.5. The molecule has 1 saturated heterocycles. The van der Waals surface area contributed by atoms with E-state index in [2.05, 4.69) is 19.1 Å². The minimum absolute atomic E-state index is 0.0911. The molecule has 0 unspecified atom stereocenters. The van der Waals surface area contributed by atoms with Crippen molar-refractivity contribution in [3.05, 3.63) is 35.9 Å². The Balaban J connectivity index is 1.84. The summed E-state index contributed by atoms with van der Waals surface area (Å²) in [6.07, 6.45) is 3.35. The fraction of sp³-hybridized carbons (Fsp3) is 0.611. The summed E-state index contributed by atoms with van der Waals surface area (Å²) >= 11 is 0. The van der Waals surface area contributed by atoms with Crippen LogP contribution in [0.3, 0.4) is 0 Å². The minimum Gasteiger partial charge on any atom is -0.372 e. The van der Waals surface area contributed by atoms with Crippen LogP contribution in [0.5, 0.6) is 0 Å². The van der Waals surface area contributed by atoms with Crippen molar-refractivity contribution in [1.29, 1.82) is 0 Å². The molecule has 0 radical (unpaired) electrons. The number of likely N-dealkylation sites (tertiary alicyclic amines) is 1. The summed E-state index contributed by atoms with van der Waals surface area (Å²) in [5.41, 5.74) is 7.18. The van der Waals surface area contributed by atoms with Crippen LogP contribution in [0.25, 0.3) is 0 Å². The Morgan fingerprint density at radius 1 is 1.27 bits per heavy atom. The van der Waals surface area contributed by atoms with Crippen molar-refractivity contribution in [2.45, 2.75) is 32.1 Å². The van der Waals surface area contributed by atoms with Crippen LogP contribution in [0.1, 0.15) is 37.7 Å². The summed E-state index contributed by atoms with van der Waals surface area (Å²) in [6, 6.07) is 10.4. The van der Waals surface area contributed by atoms with Crippen molar-refractivity contribution >= 4 is 5.91 Å². The number of carbonyl (C=O) groups excluding carboxylic acids is 1. The average Bonchev–Trinajstić information content (AvgIpc) is 3.00. The summed E-state index contributed by atoms with van der Waals surface area (Å²) in [6.45, 7) is 5.14. The average molecular weight is 304 g/mol. The van der Waals surface area contributed by atoms with Gasteiger partial charge >= 0.3 is 0 Å². The molecule has 0 bridgehead atoms. The van der Waals surface area contributed by atoms with Crippen LogP contribution in [0.4, 0.5) is 0 Å². The van der Waals surface area contributed by atoms with E-state index >= 15 is 0 Å². The molecule has 0 aliphatic carbocycles. The van der Waals surface area contributed by atoms with Crippen LogP contribution in [-0.4, -0.2) is 43.7 Å². The highest BCUT2D eigenvalue weighted by atomic mass is 16.5. The second-order valence-corrected chi connectivity index (χ2v) is 6.07. The van der Waals surface area contributed by atoms with Gasteiger partial charge in [-0.25, -0.2) is 0 Å². The maximum Gasteiger partial charge on any atom is 0.248 e. The van der Waals surface area contributed by atoms with E-state index in [0.29, 0.717) is 25.0 Å². The monoisotopic (exact) mass is 304 g/mol. The number of nitrogens with zero attached hydrogens (tertiary/aromatic N) is 1. The van der Waals surface area contributed by atoms with Crippen molar-refractivity contribution in [1.82, 2.24) is 4.90 Å². The van der Waals surface area contributed by atoms with E-state index in [9.17, 15) is 4.79 Å². The molecule has 4 nitrogen and oxygen atoms in total. The molecule has 2 rings (SSSR count). The fourth-order valence-corrected chi connectivity index (χ4v) is 3.10. The number of benzene rings is 1. The SMILES string of the molecule is CCCCCOCC(=O)N1C[C@@H](CN)[C@H](c2ccccc2)C1. The molecule has 22 heavy (non-hydrogen) atoms. The Morgan fingerprint density at radius 2 is 2.05 bits per heavy atom. The van der Waals surface area contributed by atoms with E-state index in [1.807, 2.05) is 23.1 Å². The lowest BCUT2D eigenvalue weighted by Crippen LogP contribution is -2.33. The molecule has 1 aromatic rings. The Bertz CT molecular complexity index is 450. The summed E-state index contributed by atoms with van der Waals surface area (Å²) < 4.78 is 5.50. The van der Waals surface area contributed by atoms with Crippen LogP contribution >= 0.6 is 0 Å². The number of carbonyl (C=O) groups is 1. The van der Waals surface area contributed by atoms with Crippen LogP contribution in [0, 0.1) is 5.92 Å². The van der Waals surface area contributed by atoms with Crippen molar-refractivity contribution in [3.63, 3.8) is 0 Å². The fourth-order valence-electron chi connectivity index (χ4n) is 3.10. The highest BCUT2D eigenvalue weighted by molar-refractivity contribution is 5.78. The van der Waals surface area contributed by atoms with Crippen molar-refractivity contribution in [3.8, 4) is 0 Å². The molecular formula is C18H28N2O2. The number of hydrogen-bond donors (Lipinski definition) is 1. The second-order valence-electron chi connectivity index (χ2n) is 6.07. The topological polar surface area (TPSA) is 55.6 Å². The van der Waals surface area contributed by atoms with E-state index in [1.165, 1.54) is 12.0 Å². The molecule has 1 aromatic carbocycles. The van der Waals surface area contributed by atoms with Gasteiger partial charge in [0.1, 0.15) is 6.61 Å². The molecule has 1 fully saturated rings. The molecular weight excluding hydrogens is 276 g/mol. The van der Waals surface area contributed by atoms with Crippen molar-refractivity contribution in [2.24, 2.45) is 11.7 Å². The van der Waals surface area contributed by atoms with Gasteiger partial charge < -0.3 is 15.4 Å². The predicted molar refractivity (Wildman–Crippen MR) is 88.7 cm³/mol. The summed E-state index contributed by atoms with van der Waals surface area (Å²) in [5, 5.41) is 0. The molecule has 1 heterocycles. The molecule has 1 aliphatic rings. The number of amides is 1. The largest absolute Gasteiger partial charge is 0.372 e. The smallest absolute Gasteiger partial charge is 0.248 e. The van der Waals surface area contributed by atoms with Crippen molar-refractivity contribution < 1.29 is 9.53 Å². The summed E-state index contributed by atoms with van der Waals surface area (Å²) in [7, 11) is 0. The predicted octanol–water partition coefficient (Wildman–Crippen LogP) is 2.39. The Morgan fingerprint density at radius 3 is 2.73 bits per heavy atom. The number of rotatable bonds is 8. The maximum absolute atomic E-state index is 12.3. The van der Waals surface area contributed by atoms with Gasteiger partial charge in [0.05, 0.1) is 0 Å². The lowest BCUT2D eigenvalue weighted by Gasteiger charge is -2.17. The van der Waals surface area contributed by atoms with Gasteiger partial charge in [-0.15, -0.1) is 0 Å². The van der Waals surface area contributed by atoms with Crippen LogP contribution in [-0.2, 0) is 9.53 Å². The minimum atomic E-state index is 0.0911. The van der Waals surface area contributed by atoms with Crippen LogP contribution in [0.15, 0.2) is 30.3 Å². The maximum atomic E-state index is 12.3. The Labute approximate surface area is 133 Å². The first kappa shape index (κ1) is 17.0. The van der Waals surface area contributed by atoms with Gasteiger partial charge in [-0.1, -0.05) is 50.1 Å². The van der Waals surface area contributed by atoms with E-state index in [4.69, 9.17) is 10.5 Å². The van der Waals surface area contributed by atoms with Gasteiger partial charge in [-0.3, -0.25) is 4.79 Å². The van der Waals surface area contributed by atoms with Crippen molar-refractivity contribution in [2.75, 3.05) is 32.8 Å². The zero-order chi connectivity index (χ0) is 15.8. The first-order chi connectivity index (χ1) is 10.8. The Hall–Kier alpha value is -1.39. The molecule has 2 atom stereocenters. The van der Waals surface area contributed by atoms with Gasteiger partial charge in [0.2, 0.25) is 5.91 Å². The van der Waals surface area contributed by atoms with E-state index < -0.39 is 0 Å². The lowest BCUT2D eigenvalue weighted by molar-refractivity contribution is -0.135. The van der Waals surface area contributed by atoms with E-state index in [0.717, 1.165) is 25.9 Å². The number of ether oxygens (including phenoxy) is 1. The molecule has 4 heteroatoms. The highest BCUT2D eigenvalue weighted by Crippen LogP contribution is 2.31. The number of unbranched alkanes of at least 4 members (excludes halogenated alkanes) is 2. The zero-order valence-electron chi connectivity index (χ0n) is 13.5. The van der Waals surface area contributed by atoms with Gasteiger partial charge in [0.25, 0.3) is 0 Å². The molecule has 1 amide bonds. The molecule has 122 valence electrons. The highest BCUT2D eigenvalue weighted by Gasteiger charge is 2.35. The van der Waals surface area contributed by atoms with Crippen LogP contribution < -0.4 is 5.73 Å². The molecule has 0 spiro atoms. The standard InChI is InChI=1S/C18H28N2O2/c1-2-3-7-10-22-14-18(21)20-12-16(11-19)17(13-20)15-8-5-4-6-9-15/h4-6,8-9,16-17H,2-3,7,10-14,19H2,1H3/t16-,17+/m1/s1. The third kappa shape index (κ3) is 4.55. The van der Waals surface area contributed by atoms with Crippen LogP contribution in [0.2, 0.25) is 0 Å². The number of nitrogens with two attached hydrogens (primary N) is 1. The first-order valence-corrected chi connectivity index (χ1v) is 8.36. The lowest BCUT2D eigenvalue weighted by atomic mass is 9.89. The normalized spacial score (nSPS) is 21.3. The van der Waals surface area contributed by atoms with Gasteiger partial charge in [0.15, 0.2) is 0 Å². The van der Waals surface area contributed by atoms with Gasteiger partial charge in [0, 0.05) is 25.6 Å². The summed E-state index contributed by atoms with van der Waals surface area (Å²) in [4.78, 5) is 14.2. The van der Waals surface area contributed by atoms with E-state index in [-0.39, 0.29) is 12.5 Å².